The number of nitrogens with zero attached hydrogens (tertiary/aromatic N) is 1. The molecule has 0 aliphatic carbocycles. The van der Waals surface area contributed by atoms with Crippen molar-refractivity contribution in [3.05, 3.63) is 24.3 Å². The van der Waals surface area contributed by atoms with Crippen LogP contribution in [0.15, 0.2) is 24.3 Å². The minimum atomic E-state index is -0.528. The van der Waals surface area contributed by atoms with Gasteiger partial charge >= 0.3 is 0 Å². The lowest BCUT2D eigenvalue weighted by atomic mass is 9.88. The molecule has 41 heavy (non-hydrogen) atoms. The number of hydrogen-bond acceptors (Lipinski definition) is 6. The van der Waals surface area contributed by atoms with E-state index in [0.717, 1.165) is 37.4 Å². The third kappa shape index (κ3) is 17.7. The number of rotatable bonds is 19. The van der Waals surface area contributed by atoms with E-state index in [9.17, 15) is 14.4 Å². The monoisotopic (exact) mass is 576 g/mol. The first-order chi connectivity index (χ1) is 19.0. The zero-order valence-electron chi connectivity index (χ0n) is 27.1. The van der Waals surface area contributed by atoms with Gasteiger partial charge in [-0.3, -0.25) is 14.4 Å². The summed E-state index contributed by atoms with van der Waals surface area (Å²) in [5.41, 5.74) is -0.175. The van der Waals surface area contributed by atoms with E-state index in [-0.39, 0.29) is 28.7 Å². The number of carbonyl (C=O) groups excluding carboxylic acids is 3. The maximum absolute atomic E-state index is 12.8. The van der Waals surface area contributed by atoms with E-state index in [1.165, 1.54) is 6.92 Å². The van der Waals surface area contributed by atoms with Gasteiger partial charge in [0.25, 0.3) is 0 Å². The molecule has 0 fully saturated rings. The van der Waals surface area contributed by atoms with Gasteiger partial charge < -0.3 is 30.3 Å². The van der Waals surface area contributed by atoms with Crippen LogP contribution in [-0.2, 0) is 19.1 Å². The molecule has 0 saturated heterocycles. The molecule has 0 heterocycles. The average Bonchev–Trinajstić information content (AvgIpc) is 2.83. The Morgan fingerprint density at radius 2 is 1.41 bits per heavy atom. The van der Waals surface area contributed by atoms with Crippen molar-refractivity contribution in [1.29, 1.82) is 0 Å². The fourth-order valence-electron chi connectivity index (χ4n) is 4.04. The van der Waals surface area contributed by atoms with Gasteiger partial charge in [0.2, 0.25) is 17.7 Å². The molecular weight excluding hydrogens is 520 g/mol. The van der Waals surface area contributed by atoms with Crippen LogP contribution in [-0.4, -0.2) is 74.7 Å². The third-order valence-electron chi connectivity index (χ3n) is 6.71. The summed E-state index contributed by atoms with van der Waals surface area (Å²) >= 11 is 0. The van der Waals surface area contributed by atoms with Gasteiger partial charge in [0.05, 0.1) is 12.2 Å². The molecule has 1 aromatic carbocycles. The summed E-state index contributed by atoms with van der Waals surface area (Å²) in [6, 6.07) is 7.27. The molecular formula is C32H56N4O5. The predicted octanol–water partition coefficient (Wildman–Crippen LogP) is 5.01. The van der Waals surface area contributed by atoms with Gasteiger partial charge in [-0.05, 0) is 82.9 Å². The second kappa shape index (κ2) is 17.3. The van der Waals surface area contributed by atoms with E-state index in [0.29, 0.717) is 45.6 Å². The summed E-state index contributed by atoms with van der Waals surface area (Å²) in [5.74, 6) is 0.772. The molecule has 0 aliphatic rings. The van der Waals surface area contributed by atoms with E-state index in [2.05, 4.69) is 48.7 Å². The summed E-state index contributed by atoms with van der Waals surface area (Å²) in [7, 11) is 2.07. The van der Waals surface area contributed by atoms with E-state index >= 15 is 0 Å². The third-order valence-corrected chi connectivity index (χ3v) is 6.71. The molecule has 0 saturated carbocycles. The zero-order valence-corrected chi connectivity index (χ0v) is 27.1. The lowest BCUT2D eigenvalue weighted by Crippen LogP contribution is -2.39. The molecule has 1 aromatic rings. The van der Waals surface area contributed by atoms with Crippen molar-refractivity contribution in [2.75, 3.05) is 51.8 Å². The predicted molar refractivity (Wildman–Crippen MR) is 166 cm³/mol. The molecule has 0 radical (unpaired) electrons. The number of ether oxygens (including phenoxy) is 2. The molecule has 0 bridgehead atoms. The highest BCUT2D eigenvalue weighted by Crippen LogP contribution is 2.24. The van der Waals surface area contributed by atoms with E-state index in [1.54, 1.807) is 0 Å². The topological polar surface area (TPSA) is 109 Å². The van der Waals surface area contributed by atoms with E-state index in [4.69, 9.17) is 9.47 Å². The van der Waals surface area contributed by atoms with Crippen LogP contribution < -0.4 is 20.7 Å². The van der Waals surface area contributed by atoms with Crippen LogP contribution in [0.1, 0.15) is 87.5 Å². The van der Waals surface area contributed by atoms with Crippen molar-refractivity contribution in [3.63, 3.8) is 0 Å². The zero-order chi connectivity index (χ0) is 31.1. The Morgan fingerprint density at radius 1 is 0.829 bits per heavy atom. The fourth-order valence-corrected chi connectivity index (χ4v) is 4.04. The van der Waals surface area contributed by atoms with Crippen LogP contribution in [0.25, 0.3) is 0 Å². The van der Waals surface area contributed by atoms with Crippen molar-refractivity contribution < 1.29 is 23.9 Å². The summed E-state index contributed by atoms with van der Waals surface area (Å²) in [6.07, 6.45) is 3.63. The number of amides is 3. The highest BCUT2D eigenvalue weighted by atomic mass is 16.5. The summed E-state index contributed by atoms with van der Waals surface area (Å²) in [5, 5.41) is 8.80. The van der Waals surface area contributed by atoms with Crippen molar-refractivity contribution in [2.24, 2.45) is 10.8 Å². The molecule has 3 amide bonds. The molecule has 9 heteroatoms. The quantitative estimate of drug-likeness (QED) is 0.200. The van der Waals surface area contributed by atoms with Crippen LogP contribution in [0.3, 0.4) is 0 Å². The molecule has 234 valence electrons. The van der Waals surface area contributed by atoms with Gasteiger partial charge in [0.15, 0.2) is 0 Å². The molecule has 0 aliphatic heterocycles. The summed E-state index contributed by atoms with van der Waals surface area (Å²) < 4.78 is 12.0. The number of hydrogen-bond donors (Lipinski definition) is 3. The molecule has 1 rings (SSSR count). The van der Waals surface area contributed by atoms with Crippen LogP contribution >= 0.6 is 0 Å². The lowest BCUT2D eigenvalue weighted by Gasteiger charge is -2.29. The van der Waals surface area contributed by atoms with Crippen LogP contribution in [0.2, 0.25) is 0 Å². The second-order valence-corrected chi connectivity index (χ2v) is 13.4. The Morgan fingerprint density at radius 3 is 1.98 bits per heavy atom. The Bertz CT molecular complexity index is 938. The Labute approximate surface area is 248 Å². The van der Waals surface area contributed by atoms with E-state index < -0.39 is 5.41 Å². The SMILES string of the molecule is CC(=O)Nc1ccc(OCCC(C)(C)OCCC(C)(C)C(=O)NCCCN(C)CCCNC(=O)CC(C)(C)C)cc1. The largest absolute Gasteiger partial charge is 0.493 e. The van der Waals surface area contributed by atoms with Crippen molar-refractivity contribution in [1.82, 2.24) is 15.5 Å². The number of benzene rings is 1. The minimum Gasteiger partial charge on any atom is -0.493 e. The minimum absolute atomic E-state index is 0.00525. The highest BCUT2D eigenvalue weighted by molar-refractivity contribution is 5.88. The normalized spacial score (nSPS) is 12.2. The van der Waals surface area contributed by atoms with Crippen molar-refractivity contribution >= 4 is 23.4 Å². The molecule has 0 spiro atoms. The van der Waals surface area contributed by atoms with Crippen molar-refractivity contribution in [3.8, 4) is 5.75 Å². The molecule has 0 aromatic heterocycles. The smallest absolute Gasteiger partial charge is 0.225 e. The average molecular weight is 577 g/mol. The Kier molecular flexibility index (Phi) is 15.4. The van der Waals surface area contributed by atoms with Gasteiger partial charge in [-0.25, -0.2) is 0 Å². The number of nitrogens with one attached hydrogen (secondary N) is 3. The first-order valence-electron chi connectivity index (χ1n) is 14.9. The maximum atomic E-state index is 12.8. The first-order valence-corrected chi connectivity index (χ1v) is 14.9. The number of anilines is 1. The highest BCUT2D eigenvalue weighted by Gasteiger charge is 2.28. The van der Waals surface area contributed by atoms with Crippen molar-refractivity contribution in [2.45, 2.75) is 93.1 Å². The second-order valence-electron chi connectivity index (χ2n) is 13.4. The van der Waals surface area contributed by atoms with Crippen LogP contribution in [0.5, 0.6) is 5.75 Å². The maximum Gasteiger partial charge on any atom is 0.225 e. The first kappa shape index (κ1) is 36.4. The standard InChI is InChI=1S/C32H56N4O5/c1-25(37)35-26-12-14-27(15-13-26)40-22-17-32(7,8)41-23-16-31(5,6)29(39)34-19-11-21-36(9)20-10-18-33-28(38)24-30(2,3)4/h12-15H,10-11,16-24H2,1-9H3,(H,33,38)(H,34,39)(H,35,37). The Balaban J connectivity index is 2.21. The molecule has 3 N–H and O–H groups in total. The van der Waals surface area contributed by atoms with E-state index in [1.807, 2.05) is 52.0 Å². The fraction of sp³-hybridized carbons (Fsp3) is 0.719. The number of carbonyl (C=O) groups is 3. The Hall–Kier alpha value is -2.65. The summed E-state index contributed by atoms with van der Waals surface area (Å²) in [6.45, 7) is 19.7. The van der Waals surface area contributed by atoms with Gasteiger partial charge in [0, 0.05) is 50.6 Å². The van der Waals surface area contributed by atoms with Crippen LogP contribution in [0, 0.1) is 10.8 Å². The van der Waals surface area contributed by atoms with Gasteiger partial charge in [-0.2, -0.15) is 0 Å². The van der Waals surface area contributed by atoms with Gasteiger partial charge in [-0.15, -0.1) is 0 Å². The van der Waals surface area contributed by atoms with Crippen LogP contribution in [0.4, 0.5) is 5.69 Å². The van der Waals surface area contributed by atoms with Gasteiger partial charge in [0.1, 0.15) is 5.75 Å². The molecule has 0 unspecified atom stereocenters. The molecule has 9 nitrogen and oxygen atoms in total. The summed E-state index contributed by atoms with van der Waals surface area (Å²) in [4.78, 5) is 38.1. The van der Waals surface area contributed by atoms with Gasteiger partial charge in [-0.1, -0.05) is 34.6 Å². The molecule has 0 atom stereocenters. The lowest BCUT2D eigenvalue weighted by molar-refractivity contribution is -0.131.